The Kier molecular flexibility index (Phi) is 7.42. The second-order valence-corrected chi connectivity index (χ2v) is 7.00. The summed E-state index contributed by atoms with van der Waals surface area (Å²) in [6, 6.07) is 19.7. The van der Waals surface area contributed by atoms with E-state index in [4.69, 9.17) is 5.26 Å². The third-order valence-corrected chi connectivity index (χ3v) is 4.93. The second kappa shape index (κ2) is 10.5. The number of nitrogens with zero attached hydrogens (tertiary/aromatic N) is 3. The Bertz CT molecular complexity index is 777. The summed E-state index contributed by atoms with van der Waals surface area (Å²) in [5.41, 5.74) is 2.81. The number of benzene rings is 2. The number of nitriles is 1. The van der Waals surface area contributed by atoms with Crippen LogP contribution in [0.4, 0.5) is 5.69 Å². The fourth-order valence-electron chi connectivity index (χ4n) is 3.27. The van der Waals surface area contributed by atoms with Crippen molar-refractivity contribution in [2.45, 2.75) is 6.54 Å². The maximum Gasteiger partial charge on any atom is 0.239 e. The first-order valence-corrected chi connectivity index (χ1v) is 9.72. The van der Waals surface area contributed by atoms with Gasteiger partial charge in [0.25, 0.3) is 0 Å². The molecule has 6 nitrogen and oxygen atoms in total. The number of carbonyl (C=O) groups is 1. The van der Waals surface area contributed by atoms with Crippen molar-refractivity contribution in [3.8, 4) is 6.07 Å². The molecule has 1 fully saturated rings. The largest absolute Gasteiger partial charge is 0.376 e. The third kappa shape index (κ3) is 6.38. The van der Waals surface area contributed by atoms with Gasteiger partial charge in [0.15, 0.2) is 0 Å². The average molecular weight is 377 g/mol. The van der Waals surface area contributed by atoms with Gasteiger partial charge in [-0.25, -0.2) is 0 Å². The summed E-state index contributed by atoms with van der Waals surface area (Å²) in [5.74, 6) is -0.0212. The highest BCUT2D eigenvalue weighted by Crippen LogP contribution is 2.09. The van der Waals surface area contributed by atoms with Crippen molar-refractivity contribution in [1.29, 1.82) is 5.26 Å². The molecular formula is C22H27N5O. The predicted octanol–water partition coefficient (Wildman–Crippen LogP) is 1.90. The van der Waals surface area contributed by atoms with E-state index in [9.17, 15) is 4.79 Å². The Balaban J connectivity index is 1.28. The van der Waals surface area contributed by atoms with Crippen LogP contribution in [0.2, 0.25) is 0 Å². The molecule has 1 aliphatic heterocycles. The molecule has 0 unspecified atom stereocenters. The van der Waals surface area contributed by atoms with Gasteiger partial charge in [0.1, 0.15) is 0 Å². The lowest BCUT2D eigenvalue weighted by molar-refractivity contribution is -0.119. The van der Waals surface area contributed by atoms with Gasteiger partial charge in [0.05, 0.1) is 18.2 Å². The molecule has 146 valence electrons. The van der Waals surface area contributed by atoms with Gasteiger partial charge in [-0.15, -0.1) is 0 Å². The zero-order valence-corrected chi connectivity index (χ0v) is 16.1. The summed E-state index contributed by atoms with van der Waals surface area (Å²) >= 11 is 0. The van der Waals surface area contributed by atoms with Crippen LogP contribution in [0.5, 0.6) is 0 Å². The van der Waals surface area contributed by atoms with E-state index in [0.29, 0.717) is 12.1 Å². The third-order valence-electron chi connectivity index (χ3n) is 4.93. The number of hydrogen-bond donors (Lipinski definition) is 2. The minimum Gasteiger partial charge on any atom is -0.376 e. The van der Waals surface area contributed by atoms with Gasteiger partial charge < -0.3 is 10.6 Å². The van der Waals surface area contributed by atoms with E-state index in [1.807, 2.05) is 0 Å². The van der Waals surface area contributed by atoms with Gasteiger partial charge in [0.2, 0.25) is 5.91 Å². The summed E-state index contributed by atoms with van der Waals surface area (Å²) in [6.07, 6.45) is 0. The Labute approximate surface area is 166 Å². The highest BCUT2D eigenvalue weighted by molar-refractivity contribution is 5.80. The van der Waals surface area contributed by atoms with E-state index in [1.54, 1.807) is 24.3 Å². The number of hydrogen-bond acceptors (Lipinski definition) is 5. The normalized spacial score (nSPS) is 15.0. The van der Waals surface area contributed by atoms with Crippen LogP contribution in [0.3, 0.4) is 0 Å². The van der Waals surface area contributed by atoms with Gasteiger partial charge in [0, 0.05) is 51.5 Å². The van der Waals surface area contributed by atoms with E-state index in [2.05, 4.69) is 56.8 Å². The van der Waals surface area contributed by atoms with Crippen molar-refractivity contribution in [2.24, 2.45) is 0 Å². The lowest BCUT2D eigenvalue weighted by Gasteiger charge is -2.34. The molecule has 6 heteroatoms. The molecule has 1 aliphatic rings. The molecule has 0 spiro atoms. The van der Waals surface area contributed by atoms with Crippen LogP contribution in [0.15, 0.2) is 54.6 Å². The van der Waals surface area contributed by atoms with E-state index in [-0.39, 0.29) is 12.5 Å². The topological polar surface area (TPSA) is 71.4 Å². The molecule has 1 amide bonds. The van der Waals surface area contributed by atoms with Crippen LogP contribution in [-0.2, 0) is 11.3 Å². The zero-order valence-electron chi connectivity index (χ0n) is 16.1. The van der Waals surface area contributed by atoms with E-state index in [0.717, 1.165) is 45.0 Å². The average Bonchev–Trinajstić information content (AvgIpc) is 2.74. The minimum atomic E-state index is -0.0212. The van der Waals surface area contributed by atoms with Gasteiger partial charge in [-0.1, -0.05) is 30.3 Å². The molecule has 2 N–H and O–H groups in total. The zero-order chi connectivity index (χ0) is 19.6. The van der Waals surface area contributed by atoms with Crippen molar-refractivity contribution in [3.63, 3.8) is 0 Å². The summed E-state index contributed by atoms with van der Waals surface area (Å²) in [5, 5.41) is 14.8. The first kappa shape index (κ1) is 19.9. The highest BCUT2D eigenvalue weighted by atomic mass is 16.1. The Hall–Kier alpha value is -2.88. The summed E-state index contributed by atoms with van der Waals surface area (Å²) in [4.78, 5) is 16.9. The molecule has 0 bridgehead atoms. The molecule has 3 rings (SSSR count). The van der Waals surface area contributed by atoms with Gasteiger partial charge in [-0.3, -0.25) is 14.6 Å². The number of anilines is 1. The maximum absolute atomic E-state index is 12.0. The molecule has 0 radical (unpaired) electrons. The Morgan fingerprint density at radius 3 is 2.32 bits per heavy atom. The smallest absolute Gasteiger partial charge is 0.239 e. The summed E-state index contributed by atoms with van der Waals surface area (Å²) in [7, 11) is 0. The van der Waals surface area contributed by atoms with E-state index < -0.39 is 0 Å². The maximum atomic E-state index is 12.0. The Morgan fingerprint density at radius 1 is 0.964 bits per heavy atom. The second-order valence-electron chi connectivity index (χ2n) is 7.00. The molecule has 0 aromatic heterocycles. The molecular weight excluding hydrogens is 350 g/mol. The fraction of sp³-hybridized carbons (Fsp3) is 0.364. The molecule has 1 saturated heterocycles. The molecule has 0 atom stereocenters. The number of carbonyl (C=O) groups excluding carboxylic acids is 1. The number of rotatable bonds is 8. The monoisotopic (exact) mass is 377 g/mol. The van der Waals surface area contributed by atoms with Crippen LogP contribution >= 0.6 is 0 Å². The van der Waals surface area contributed by atoms with Crippen LogP contribution in [0.25, 0.3) is 0 Å². The first-order chi connectivity index (χ1) is 13.7. The number of nitrogens with one attached hydrogen (secondary N) is 2. The van der Waals surface area contributed by atoms with Gasteiger partial charge in [-0.05, 0) is 29.8 Å². The molecule has 2 aromatic carbocycles. The molecule has 2 aromatic rings. The number of amides is 1. The van der Waals surface area contributed by atoms with Crippen molar-refractivity contribution in [3.05, 3.63) is 65.7 Å². The predicted molar refractivity (Wildman–Crippen MR) is 111 cm³/mol. The van der Waals surface area contributed by atoms with Gasteiger partial charge >= 0.3 is 0 Å². The highest BCUT2D eigenvalue weighted by Gasteiger charge is 2.16. The molecule has 0 saturated carbocycles. The molecule has 0 aliphatic carbocycles. The minimum absolute atomic E-state index is 0.0212. The molecule has 28 heavy (non-hydrogen) atoms. The lowest BCUT2D eigenvalue weighted by Crippen LogP contribution is -2.48. The van der Waals surface area contributed by atoms with Gasteiger partial charge in [-0.2, -0.15) is 5.26 Å². The standard InChI is InChI=1S/C22H27N5O/c23-16-19-6-8-21(9-7-19)25-17-22(28)24-10-11-26-12-14-27(15-13-26)18-20-4-2-1-3-5-20/h1-9,25H,10-15,17-18H2,(H,24,28). The van der Waals surface area contributed by atoms with Crippen LogP contribution in [0.1, 0.15) is 11.1 Å². The summed E-state index contributed by atoms with van der Waals surface area (Å²) < 4.78 is 0. The van der Waals surface area contributed by atoms with Crippen molar-refractivity contribution >= 4 is 11.6 Å². The fourth-order valence-corrected chi connectivity index (χ4v) is 3.27. The van der Waals surface area contributed by atoms with E-state index >= 15 is 0 Å². The summed E-state index contributed by atoms with van der Waals surface area (Å²) in [6.45, 7) is 6.96. The van der Waals surface area contributed by atoms with Crippen LogP contribution in [-0.4, -0.2) is 61.5 Å². The first-order valence-electron chi connectivity index (χ1n) is 9.72. The quantitative estimate of drug-likeness (QED) is 0.735. The van der Waals surface area contributed by atoms with Crippen molar-refractivity contribution in [2.75, 3.05) is 51.1 Å². The lowest BCUT2D eigenvalue weighted by atomic mass is 10.2. The van der Waals surface area contributed by atoms with Crippen LogP contribution in [0, 0.1) is 11.3 Å². The Morgan fingerprint density at radius 2 is 1.64 bits per heavy atom. The van der Waals surface area contributed by atoms with Crippen molar-refractivity contribution in [1.82, 2.24) is 15.1 Å². The number of piperazine rings is 1. The van der Waals surface area contributed by atoms with Crippen LogP contribution < -0.4 is 10.6 Å². The SMILES string of the molecule is N#Cc1ccc(NCC(=O)NCCN2CCN(Cc3ccccc3)CC2)cc1. The molecule has 1 heterocycles. The van der Waals surface area contributed by atoms with Crippen molar-refractivity contribution < 1.29 is 4.79 Å². The van der Waals surface area contributed by atoms with E-state index in [1.165, 1.54) is 5.56 Å².